The van der Waals surface area contributed by atoms with E-state index in [2.05, 4.69) is 0 Å². The van der Waals surface area contributed by atoms with Gasteiger partial charge in [0.05, 0.1) is 24.7 Å². The van der Waals surface area contributed by atoms with Crippen molar-refractivity contribution in [2.45, 2.75) is 38.7 Å². The summed E-state index contributed by atoms with van der Waals surface area (Å²) in [7, 11) is 0. The first-order valence-electron chi connectivity index (χ1n) is 10.3. The molecule has 1 aliphatic heterocycles. The van der Waals surface area contributed by atoms with Gasteiger partial charge in [-0.25, -0.2) is 0 Å². The Morgan fingerprint density at radius 1 is 1.31 bits per heavy atom. The molecular formula is C23H25ClF3NO4. The second kappa shape index (κ2) is 10.6. The van der Waals surface area contributed by atoms with E-state index in [0.29, 0.717) is 11.6 Å². The normalized spacial score (nSPS) is 17.3. The van der Waals surface area contributed by atoms with Crippen molar-refractivity contribution in [1.82, 2.24) is 4.90 Å². The first kappa shape index (κ1) is 24.4. The molecule has 0 spiro atoms. The summed E-state index contributed by atoms with van der Waals surface area (Å²) in [6.45, 7) is 3.18. The lowest BCUT2D eigenvalue weighted by molar-refractivity contribution is -0.140. The summed E-state index contributed by atoms with van der Waals surface area (Å²) in [5, 5.41) is 9.37. The van der Waals surface area contributed by atoms with Crippen molar-refractivity contribution in [3.8, 4) is 5.75 Å². The Balaban J connectivity index is 1.80. The van der Waals surface area contributed by atoms with Gasteiger partial charge >= 0.3 is 12.1 Å². The molecule has 5 nitrogen and oxygen atoms in total. The Labute approximate surface area is 189 Å². The van der Waals surface area contributed by atoms with Crippen LogP contribution in [0.25, 0.3) is 0 Å². The standard InChI is InChI=1S/C23H25ClF3NO4/c1-2-15-4-3-5-20(24)18(15)14-32-16-6-7-17(19(12-16)23(25,26)27)21-13-28(10-11-31-21)9-8-22(29)30/h3-7,12,21H,2,8-11,13-14H2,1H3,(H,29,30). The third kappa shape index (κ3) is 6.15. The molecule has 3 rings (SSSR count). The first-order chi connectivity index (χ1) is 15.2. The first-order valence-corrected chi connectivity index (χ1v) is 10.7. The van der Waals surface area contributed by atoms with Gasteiger partial charge in [0.2, 0.25) is 0 Å². The number of hydrogen-bond acceptors (Lipinski definition) is 4. The number of benzene rings is 2. The Morgan fingerprint density at radius 2 is 2.09 bits per heavy atom. The topological polar surface area (TPSA) is 59.0 Å². The minimum atomic E-state index is -4.60. The summed E-state index contributed by atoms with van der Waals surface area (Å²) in [4.78, 5) is 12.6. The van der Waals surface area contributed by atoms with Crippen LogP contribution in [0.5, 0.6) is 5.75 Å². The number of aliphatic carboxylic acids is 1. The van der Waals surface area contributed by atoms with Crippen molar-refractivity contribution < 1.29 is 32.5 Å². The van der Waals surface area contributed by atoms with E-state index in [9.17, 15) is 18.0 Å². The van der Waals surface area contributed by atoms with Gasteiger partial charge in [0.25, 0.3) is 0 Å². The van der Waals surface area contributed by atoms with E-state index in [1.165, 1.54) is 12.1 Å². The minimum absolute atomic E-state index is 0.0110. The predicted molar refractivity (Wildman–Crippen MR) is 114 cm³/mol. The van der Waals surface area contributed by atoms with Crippen LogP contribution >= 0.6 is 11.6 Å². The second-order valence-corrected chi connectivity index (χ2v) is 7.98. The number of carboxylic acid groups (broad SMARTS) is 1. The van der Waals surface area contributed by atoms with E-state index in [0.717, 1.165) is 23.6 Å². The van der Waals surface area contributed by atoms with Gasteiger partial charge in [-0.15, -0.1) is 0 Å². The minimum Gasteiger partial charge on any atom is -0.489 e. The van der Waals surface area contributed by atoms with Crippen LogP contribution in [-0.4, -0.2) is 42.2 Å². The molecule has 1 fully saturated rings. The van der Waals surface area contributed by atoms with Crippen molar-refractivity contribution in [2.75, 3.05) is 26.2 Å². The molecule has 0 bridgehead atoms. The van der Waals surface area contributed by atoms with E-state index in [1.54, 1.807) is 11.0 Å². The lowest BCUT2D eigenvalue weighted by Crippen LogP contribution is -2.40. The molecule has 1 saturated heterocycles. The zero-order chi connectivity index (χ0) is 23.3. The van der Waals surface area contributed by atoms with Crippen LogP contribution in [0, 0.1) is 0 Å². The van der Waals surface area contributed by atoms with Crippen LogP contribution in [0.1, 0.15) is 41.7 Å². The quantitative estimate of drug-likeness (QED) is 0.562. The largest absolute Gasteiger partial charge is 0.489 e. The SMILES string of the molecule is CCc1cccc(Cl)c1COc1ccc(C2CN(CCC(=O)O)CCO2)c(C(F)(F)F)c1. The second-order valence-electron chi connectivity index (χ2n) is 7.57. The Kier molecular flexibility index (Phi) is 8.03. The average Bonchev–Trinajstić information content (AvgIpc) is 2.76. The number of aryl methyl sites for hydroxylation is 1. The number of nitrogens with zero attached hydrogens (tertiary/aromatic N) is 1. The van der Waals surface area contributed by atoms with Crippen LogP contribution in [0.15, 0.2) is 36.4 Å². The number of carboxylic acids is 1. The van der Waals surface area contributed by atoms with E-state index in [-0.39, 0.29) is 44.0 Å². The molecule has 1 N–H and O–H groups in total. The summed E-state index contributed by atoms with van der Waals surface area (Å²) in [5.74, 6) is -0.864. The molecule has 0 radical (unpaired) electrons. The summed E-state index contributed by atoms with van der Waals surface area (Å²) in [6, 6.07) is 9.30. The fourth-order valence-corrected chi connectivity index (χ4v) is 4.00. The van der Waals surface area contributed by atoms with Crippen molar-refractivity contribution in [3.63, 3.8) is 0 Å². The van der Waals surface area contributed by atoms with Gasteiger partial charge in [-0.1, -0.05) is 36.7 Å². The molecule has 1 atom stereocenters. The molecule has 0 aliphatic carbocycles. The summed E-state index contributed by atoms with van der Waals surface area (Å²) >= 11 is 6.25. The third-order valence-electron chi connectivity index (χ3n) is 5.45. The van der Waals surface area contributed by atoms with E-state index < -0.39 is 23.8 Å². The number of rotatable bonds is 8. The Bertz CT molecular complexity index is 951. The zero-order valence-electron chi connectivity index (χ0n) is 17.6. The number of alkyl halides is 3. The monoisotopic (exact) mass is 471 g/mol. The van der Waals surface area contributed by atoms with Crippen LogP contribution in [0.3, 0.4) is 0 Å². The van der Waals surface area contributed by atoms with E-state index in [4.69, 9.17) is 26.2 Å². The van der Waals surface area contributed by atoms with Gasteiger partial charge in [-0.3, -0.25) is 9.69 Å². The molecular weight excluding hydrogens is 447 g/mol. The van der Waals surface area contributed by atoms with Crippen molar-refractivity contribution >= 4 is 17.6 Å². The highest BCUT2D eigenvalue weighted by Gasteiger charge is 2.37. The van der Waals surface area contributed by atoms with Crippen molar-refractivity contribution in [1.29, 1.82) is 0 Å². The molecule has 1 heterocycles. The van der Waals surface area contributed by atoms with Crippen LogP contribution in [0.4, 0.5) is 13.2 Å². The lowest BCUT2D eigenvalue weighted by Gasteiger charge is -2.34. The van der Waals surface area contributed by atoms with Gasteiger partial charge in [0.15, 0.2) is 0 Å². The molecule has 9 heteroatoms. The summed E-state index contributed by atoms with van der Waals surface area (Å²) in [5.41, 5.74) is 0.910. The number of halogens is 4. The maximum atomic E-state index is 13.9. The molecule has 2 aromatic carbocycles. The molecule has 1 aliphatic rings. The van der Waals surface area contributed by atoms with Crippen molar-refractivity contribution in [2.24, 2.45) is 0 Å². The molecule has 0 saturated carbocycles. The fraction of sp³-hybridized carbons (Fsp3) is 0.435. The van der Waals surface area contributed by atoms with Gasteiger partial charge in [0.1, 0.15) is 12.4 Å². The van der Waals surface area contributed by atoms with Crippen LogP contribution in [-0.2, 0) is 28.7 Å². The van der Waals surface area contributed by atoms with Gasteiger partial charge in [0, 0.05) is 30.2 Å². The molecule has 2 aromatic rings. The van der Waals surface area contributed by atoms with Crippen LogP contribution < -0.4 is 4.74 Å². The molecule has 1 unspecified atom stereocenters. The lowest BCUT2D eigenvalue weighted by atomic mass is 10.00. The maximum absolute atomic E-state index is 13.9. The highest BCUT2D eigenvalue weighted by molar-refractivity contribution is 6.31. The maximum Gasteiger partial charge on any atom is 0.416 e. The zero-order valence-corrected chi connectivity index (χ0v) is 18.4. The molecule has 0 aromatic heterocycles. The van der Waals surface area contributed by atoms with Gasteiger partial charge < -0.3 is 14.6 Å². The molecule has 32 heavy (non-hydrogen) atoms. The fourth-order valence-electron chi connectivity index (χ4n) is 3.75. The van der Waals surface area contributed by atoms with Crippen LogP contribution in [0.2, 0.25) is 5.02 Å². The average molecular weight is 472 g/mol. The highest BCUT2D eigenvalue weighted by atomic mass is 35.5. The van der Waals surface area contributed by atoms with Gasteiger partial charge in [-0.2, -0.15) is 13.2 Å². The van der Waals surface area contributed by atoms with E-state index in [1.807, 2.05) is 19.1 Å². The van der Waals surface area contributed by atoms with Gasteiger partial charge in [-0.05, 0) is 35.7 Å². The van der Waals surface area contributed by atoms with Crippen molar-refractivity contribution in [3.05, 3.63) is 63.7 Å². The molecule has 0 amide bonds. The highest BCUT2D eigenvalue weighted by Crippen LogP contribution is 2.39. The third-order valence-corrected chi connectivity index (χ3v) is 5.80. The number of hydrogen-bond donors (Lipinski definition) is 1. The summed E-state index contributed by atoms with van der Waals surface area (Å²) < 4.78 is 52.9. The summed E-state index contributed by atoms with van der Waals surface area (Å²) in [6.07, 6.45) is -4.75. The Morgan fingerprint density at radius 3 is 2.78 bits per heavy atom. The molecule has 174 valence electrons. The Hall–Kier alpha value is -2.29. The predicted octanol–water partition coefficient (Wildman–Crippen LogP) is 5.35. The number of carbonyl (C=O) groups is 1. The number of ether oxygens (including phenoxy) is 2. The smallest absolute Gasteiger partial charge is 0.416 e. The number of morpholine rings is 1. The van der Waals surface area contributed by atoms with E-state index >= 15 is 0 Å².